The van der Waals surface area contributed by atoms with Gasteiger partial charge in [0.05, 0.1) is 0 Å². The lowest BCUT2D eigenvalue weighted by molar-refractivity contribution is -0.147. The zero-order chi connectivity index (χ0) is 7.98. The third-order valence-corrected chi connectivity index (χ3v) is 1.09. The Hall–Kier alpha value is -0.570. The highest BCUT2D eigenvalue weighted by molar-refractivity contribution is 5.72. The van der Waals surface area contributed by atoms with Gasteiger partial charge in [-0.15, -0.1) is 0 Å². The van der Waals surface area contributed by atoms with Crippen molar-refractivity contribution in [3.05, 3.63) is 6.92 Å². The SMILES string of the molecule is [CH2]C(OCCCC)C(=O)O. The molecule has 0 spiro atoms. The first-order valence-electron chi connectivity index (χ1n) is 3.36. The maximum absolute atomic E-state index is 10.1. The van der Waals surface area contributed by atoms with Crippen molar-refractivity contribution < 1.29 is 14.6 Å². The molecule has 0 fully saturated rings. The Morgan fingerprint density at radius 3 is 2.80 bits per heavy atom. The highest BCUT2D eigenvalue weighted by Crippen LogP contribution is 1.93. The summed E-state index contributed by atoms with van der Waals surface area (Å²) < 4.78 is 4.83. The van der Waals surface area contributed by atoms with Crippen molar-refractivity contribution in [3.63, 3.8) is 0 Å². The first-order chi connectivity index (χ1) is 4.68. The molecule has 1 unspecified atom stereocenters. The molecular weight excluding hydrogens is 132 g/mol. The fraction of sp³-hybridized carbons (Fsp3) is 0.714. The lowest BCUT2D eigenvalue weighted by Gasteiger charge is -2.05. The molecule has 0 aliphatic rings. The molecule has 0 aromatic carbocycles. The van der Waals surface area contributed by atoms with Crippen LogP contribution in [0.1, 0.15) is 19.8 Å². The normalized spacial score (nSPS) is 13.0. The van der Waals surface area contributed by atoms with E-state index in [-0.39, 0.29) is 0 Å². The molecular formula is C7H13O3. The topological polar surface area (TPSA) is 46.5 Å². The van der Waals surface area contributed by atoms with E-state index in [1.54, 1.807) is 0 Å². The second-order valence-corrected chi connectivity index (χ2v) is 2.05. The molecule has 0 aromatic heterocycles. The van der Waals surface area contributed by atoms with Crippen LogP contribution < -0.4 is 0 Å². The van der Waals surface area contributed by atoms with Crippen LogP contribution in [0.4, 0.5) is 0 Å². The number of aliphatic carboxylic acids is 1. The van der Waals surface area contributed by atoms with E-state index < -0.39 is 12.1 Å². The molecule has 0 saturated carbocycles. The van der Waals surface area contributed by atoms with Crippen molar-refractivity contribution in [2.75, 3.05) is 6.61 Å². The van der Waals surface area contributed by atoms with E-state index in [1.165, 1.54) is 0 Å². The van der Waals surface area contributed by atoms with Gasteiger partial charge in [-0.3, -0.25) is 0 Å². The van der Waals surface area contributed by atoms with Gasteiger partial charge >= 0.3 is 5.97 Å². The summed E-state index contributed by atoms with van der Waals surface area (Å²) in [6.45, 7) is 5.79. The molecule has 0 rings (SSSR count). The minimum Gasteiger partial charge on any atom is -0.479 e. The number of carbonyl (C=O) groups is 1. The number of hydrogen-bond donors (Lipinski definition) is 1. The Morgan fingerprint density at radius 1 is 1.80 bits per heavy atom. The zero-order valence-corrected chi connectivity index (χ0v) is 6.17. The van der Waals surface area contributed by atoms with E-state index >= 15 is 0 Å². The van der Waals surface area contributed by atoms with Crippen LogP contribution in [0.25, 0.3) is 0 Å². The van der Waals surface area contributed by atoms with Gasteiger partial charge in [0, 0.05) is 6.61 Å². The number of carboxylic acids is 1. The van der Waals surface area contributed by atoms with Crippen LogP contribution in [0, 0.1) is 6.92 Å². The van der Waals surface area contributed by atoms with Crippen LogP contribution in [0.15, 0.2) is 0 Å². The number of rotatable bonds is 5. The Bertz CT molecular complexity index is 101. The second kappa shape index (κ2) is 5.23. The molecule has 0 aromatic rings. The van der Waals surface area contributed by atoms with Gasteiger partial charge in [-0.05, 0) is 13.3 Å². The molecule has 0 bridgehead atoms. The Morgan fingerprint density at radius 2 is 2.40 bits per heavy atom. The standard InChI is InChI=1S/C7H13O3/c1-3-4-5-10-6(2)7(8)9/h6H,2-5H2,1H3,(H,8,9). The second-order valence-electron chi connectivity index (χ2n) is 2.05. The van der Waals surface area contributed by atoms with Crippen LogP contribution in [-0.2, 0) is 9.53 Å². The highest BCUT2D eigenvalue weighted by atomic mass is 16.5. The molecule has 59 valence electrons. The van der Waals surface area contributed by atoms with Crippen molar-refractivity contribution in [1.29, 1.82) is 0 Å². The van der Waals surface area contributed by atoms with E-state index in [2.05, 4.69) is 6.92 Å². The minimum absolute atomic E-state index is 0.483. The smallest absolute Gasteiger partial charge is 0.332 e. The molecule has 10 heavy (non-hydrogen) atoms. The monoisotopic (exact) mass is 145 g/mol. The Labute approximate surface area is 61.0 Å². The molecule has 0 amide bonds. The van der Waals surface area contributed by atoms with Crippen LogP contribution in [0.2, 0.25) is 0 Å². The maximum Gasteiger partial charge on any atom is 0.332 e. The van der Waals surface area contributed by atoms with Crippen molar-refractivity contribution >= 4 is 5.97 Å². The summed E-state index contributed by atoms with van der Waals surface area (Å²) in [6.07, 6.45) is 0.984. The molecule has 1 atom stereocenters. The Kier molecular flexibility index (Phi) is 4.94. The molecule has 1 radical (unpaired) electrons. The van der Waals surface area contributed by atoms with E-state index in [4.69, 9.17) is 9.84 Å². The molecule has 0 heterocycles. The fourth-order valence-electron chi connectivity index (χ4n) is 0.441. The minimum atomic E-state index is -1.00. The summed E-state index contributed by atoms with van der Waals surface area (Å²) in [4.78, 5) is 10.1. The predicted molar refractivity (Wildman–Crippen MR) is 37.6 cm³/mol. The van der Waals surface area contributed by atoms with E-state index in [0.29, 0.717) is 6.61 Å². The lowest BCUT2D eigenvalue weighted by Crippen LogP contribution is -2.20. The highest BCUT2D eigenvalue weighted by Gasteiger charge is 2.09. The largest absolute Gasteiger partial charge is 0.479 e. The predicted octanol–water partition coefficient (Wildman–Crippen LogP) is 1.09. The van der Waals surface area contributed by atoms with Gasteiger partial charge in [0.15, 0.2) is 6.10 Å². The average molecular weight is 145 g/mol. The Balaban J connectivity index is 3.21. The summed E-state index contributed by atoms with van der Waals surface area (Å²) >= 11 is 0. The zero-order valence-electron chi connectivity index (χ0n) is 6.17. The summed E-state index contributed by atoms with van der Waals surface area (Å²) in [5, 5.41) is 8.29. The van der Waals surface area contributed by atoms with Crippen LogP contribution >= 0.6 is 0 Å². The third-order valence-electron chi connectivity index (χ3n) is 1.09. The molecule has 1 N–H and O–H groups in total. The van der Waals surface area contributed by atoms with Crippen molar-refractivity contribution in [1.82, 2.24) is 0 Å². The van der Waals surface area contributed by atoms with Crippen molar-refractivity contribution in [2.45, 2.75) is 25.9 Å². The average Bonchev–Trinajstić information content (AvgIpc) is 1.88. The van der Waals surface area contributed by atoms with Gasteiger partial charge in [0.1, 0.15) is 0 Å². The van der Waals surface area contributed by atoms with Gasteiger partial charge in [-0.25, -0.2) is 4.79 Å². The lowest BCUT2D eigenvalue weighted by atomic mass is 10.3. The molecule has 0 saturated heterocycles. The van der Waals surface area contributed by atoms with Crippen LogP contribution in [-0.4, -0.2) is 23.8 Å². The van der Waals surface area contributed by atoms with Gasteiger partial charge in [0.25, 0.3) is 0 Å². The van der Waals surface area contributed by atoms with E-state index in [9.17, 15) is 4.79 Å². The molecule has 0 aliphatic heterocycles. The quantitative estimate of drug-likeness (QED) is 0.589. The number of unbranched alkanes of at least 4 members (excludes halogenated alkanes) is 1. The van der Waals surface area contributed by atoms with Gasteiger partial charge < -0.3 is 9.84 Å². The summed E-state index contributed by atoms with van der Waals surface area (Å²) in [7, 11) is 0. The van der Waals surface area contributed by atoms with Crippen LogP contribution in [0.5, 0.6) is 0 Å². The van der Waals surface area contributed by atoms with Gasteiger partial charge in [-0.1, -0.05) is 13.3 Å². The van der Waals surface area contributed by atoms with Crippen LogP contribution in [0.3, 0.4) is 0 Å². The van der Waals surface area contributed by atoms with E-state index in [0.717, 1.165) is 12.8 Å². The maximum atomic E-state index is 10.1. The summed E-state index contributed by atoms with van der Waals surface area (Å²) in [6, 6.07) is 0. The fourth-order valence-corrected chi connectivity index (χ4v) is 0.441. The van der Waals surface area contributed by atoms with Gasteiger partial charge in [0.2, 0.25) is 0 Å². The van der Waals surface area contributed by atoms with Crippen molar-refractivity contribution in [2.24, 2.45) is 0 Å². The number of hydrogen-bond acceptors (Lipinski definition) is 2. The molecule has 0 aliphatic carbocycles. The first kappa shape index (κ1) is 9.43. The number of ether oxygens (including phenoxy) is 1. The third kappa shape index (κ3) is 4.32. The molecule has 3 heteroatoms. The van der Waals surface area contributed by atoms with Gasteiger partial charge in [-0.2, -0.15) is 0 Å². The summed E-state index contributed by atoms with van der Waals surface area (Å²) in [5.41, 5.74) is 0. The first-order valence-corrected chi connectivity index (χ1v) is 3.36. The summed E-state index contributed by atoms with van der Waals surface area (Å²) in [5.74, 6) is -1.00. The number of carboxylic acid groups (broad SMARTS) is 1. The van der Waals surface area contributed by atoms with Crippen molar-refractivity contribution in [3.8, 4) is 0 Å². The molecule has 3 nitrogen and oxygen atoms in total. The van der Waals surface area contributed by atoms with E-state index in [1.807, 2.05) is 6.92 Å².